The third-order valence-electron chi connectivity index (χ3n) is 8.14. The highest BCUT2D eigenvalue weighted by atomic mass is 79.9. The number of nitrogens with zero attached hydrogens (tertiary/aromatic N) is 3. The van der Waals surface area contributed by atoms with E-state index < -0.39 is 48.1 Å². The number of carboxylic acids is 1. The largest absolute Gasteiger partial charge is 0.492 e. The fourth-order valence-electron chi connectivity index (χ4n) is 5.58. The van der Waals surface area contributed by atoms with E-state index in [0.717, 1.165) is 38.4 Å². The van der Waals surface area contributed by atoms with E-state index in [9.17, 15) is 41.1 Å². The van der Waals surface area contributed by atoms with Gasteiger partial charge in [0.15, 0.2) is 0 Å². The normalized spacial score (nSPS) is 16.5. The first-order chi connectivity index (χ1) is 25.8. The molecule has 17 nitrogen and oxygen atoms in total. The molecule has 0 aliphatic carbocycles. The third kappa shape index (κ3) is 12.2. The van der Waals surface area contributed by atoms with Crippen molar-refractivity contribution in [2.45, 2.75) is 17.0 Å². The van der Waals surface area contributed by atoms with Crippen LogP contribution in [0, 0.1) is 10.1 Å². The van der Waals surface area contributed by atoms with Crippen molar-refractivity contribution in [3.8, 4) is 5.75 Å². The number of anilines is 1. The monoisotopic (exact) mass is 882 g/mol. The molecule has 5 rings (SSSR count). The predicted molar refractivity (Wildman–Crippen MR) is 195 cm³/mol. The summed E-state index contributed by atoms with van der Waals surface area (Å²) in [5, 5.41) is 20.3. The zero-order valence-electron chi connectivity index (χ0n) is 28.6. The van der Waals surface area contributed by atoms with Gasteiger partial charge in [0.05, 0.1) is 40.7 Å². The number of benzene rings is 3. The van der Waals surface area contributed by atoms with Crippen LogP contribution in [-0.2, 0) is 33.4 Å². The van der Waals surface area contributed by atoms with Gasteiger partial charge in [-0.15, -0.1) is 0 Å². The standard InChI is InChI=1S/C30H34BrN4O11PS.C2HF3O2/c31-19-22-20-34(29(36)8-3-21-1-4-23(5-2-21)45-16-12-33-10-14-44-15-11-33)28-18-27(35(37)38)26-17-24(6-7-25(26)30(22)28)48(42,43)32-9-13-46-47(39,40)41;3-2(4,5)1(6)7/h1-8,17-18,22,32H,9-16,19-20H2,(H2,39,40,41);(H,6,7)/b8-3+;. The van der Waals surface area contributed by atoms with Crippen LogP contribution in [0.1, 0.15) is 17.0 Å². The first kappa shape index (κ1) is 43.7. The van der Waals surface area contributed by atoms with Crippen molar-refractivity contribution in [2.75, 3.05) is 69.4 Å². The second kappa shape index (κ2) is 18.8. The van der Waals surface area contributed by atoms with Crippen LogP contribution in [0.3, 0.4) is 0 Å². The van der Waals surface area contributed by atoms with Crippen LogP contribution in [0.15, 0.2) is 59.5 Å². The number of hydrogen-bond donors (Lipinski definition) is 4. The molecule has 0 bridgehead atoms. The van der Waals surface area contributed by atoms with E-state index in [1.165, 1.54) is 35.2 Å². The van der Waals surface area contributed by atoms with Crippen molar-refractivity contribution < 1.29 is 69.6 Å². The Morgan fingerprint density at radius 1 is 1.09 bits per heavy atom. The number of amides is 1. The van der Waals surface area contributed by atoms with Gasteiger partial charge < -0.3 is 29.3 Å². The summed E-state index contributed by atoms with van der Waals surface area (Å²) < 4.78 is 86.0. The molecule has 1 atom stereocenters. The summed E-state index contributed by atoms with van der Waals surface area (Å²) in [6.45, 7) is 3.78. The quantitative estimate of drug-likeness (QED) is 0.0447. The van der Waals surface area contributed by atoms with Crippen LogP contribution in [0.4, 0.5) is 24.5 Å². The Labute approximate surface area is 320 Å². The minimum atomic E-state index is -5.08. The van der Waals surface area contributed by atoms with Gasteiger partial charge in [-0.25, -0.2) is 22.5 Å². The fraction of sp³-hybridized carbons (Fsp3) is 0.375. The van der Waals surface area contributed by atoms with Gasteiger partial charge in [-0.1, -0.05) is 34.1 Å². The second-order valence-corrected chi connectivity index (χ2v) is 15.5. The van der Waals surface area contributed by atoms with E-state index in [1.54, 1.807) is 6.08 Å². The highest BCUT2D eigenvalue weighted by Gasteiger charge is 2.38. The van der Waals surface area contributed by atoms with E-state index in [1.807, 2.05) is 24.3 Å². The number of hydrogen-bond acceptors (Lipinski definition) is 11. The Morgan fingerprint density at radius 2 is 1.75 bits per heavy atom. The molecule has 1 saturated heterocycles. The molecule has 3 aromatic rings. The van der Waals surface area contributed by atoms with Crippen molar-refractivity contribution in [1.82, 2.24) is 9.62 Å². The number of non-ortho nitro benzene ring substituents is 1. The van der Waals surface area contributed by atoms with Gasteiger partial charge in [0.25, 0.3) is 11.6 Å². The number of carboxylic acid groups (broad SMARTS) is 1. The Balaban J connectivity index is 0.000000876. The zero-order valence-corrected chi connectivity index (χ0v) is 31.9. The first-order valence-electron chi connectivity index (χ1n) is 16.1. The topological polar surface area (TPSA) is 235 Å². The molecule has 0 aromatic heterocycles. The summed E-state index contributed by atoms with van der Waals surface area (Å²) in [6.07, 6.45) is -2.02. The molecule has 2 heterocycles. The van der Waals surface area contributed by atoms with Crippen LogP contribution < -0.4 is 14.4 Å². The molecule has 2 aliphatic heterocycles. The number of phosphoric acid groups is 1. The highest BCUT2D eigenvalue weighted by Crippen LogP contribution is 2.46. The fourth-order valence-corrected chi connectivity index (χ4v) is 7.48. The van der Waals surface area contributed by atoms with Gasteiger partial charge in [0.1, 0.15) is 12.4 Å². The summed E-state index contributed by atoms with van der Waals surface area (Å²) in [4.78, 5) is 55.0. The van der Waals surface area contributed by atoms with Gasteiger partial charge in [-0.05, 0) is 46.9 Å². The number of rotatable bonds is 14. The number of fused-ring (bicyclic) bond motifs is 3. The Hall–Kier alpha value is -3.99. The molecule has 1 amide bonds. The predicted octanol–water partition coefficient (Wildman–Crippen LogP) is 4.02. The third-order valence-corrected chi connectivity index (χ3v) is 10.9. The van der Waals surface area contributed by atoms with Crippen LogP contribution in [0.5, 0.6) is 5.75 Å². The maximum absolute atomic E-state index is 13.5. The average molecular weight is 884 g/mol. The number of nitro groups is 1. The van der Waals surface area contributed by atoms with E-state index in [-0.39, 0.29) is 34.3 Å². The molecular formula is C32H35BrF3N4O13PS. The van der Waals surface area contributed by atoms with Crippen molar-refractivity contribution >= 4 is 73.9 Å². The average Bonchev–Trinajstić information content (AvgIpc) is 3.51. The minimum absolute atomic E-state index is 0.0659. The number of carbonyl (C=O) groups is 2. The number of sulfonamides is 1. The maximum Gasteiger partial charge on any atom is 0.490 e. The maximum atomic E-state index is 13.5. The molecule has 300 valence electrons. The Kier molecular flexibility index (Phi) is 14.9. The number of ether oxygens (including phenoxy) is 2. The number of aliphatic carboxylic acids is 1. The molecule has 2 aliphatic rings. The van der Waals surface area contributed by atoms with Crippen LogP contribution in [0.25, 0.3) is 16.8 Å². The molecule has 1 unspecified atom stereocenters. The second-order valence-electron chi connectivity index (χ2n) is 11.8. The number of alkyl halides is 4. The minimum Gasteiger partial charge on any atom is -0.492 e. The van der Waals surface area contributed by atoms with E-state index in [4.69, 9.17) is 29.2 Å². The lowest BCUT2D eigenvalue weighted by Crippen LogP contribution is -2.38. The van der Waals surface area contributed by atoms with Crippen LogP contribution in [-0.4, -0.2) is 116 Å². The summed E-state index contributed by atoms with van der Waals surface area (Å²) in [6, 6.07) is 12.5. The molecule has 0 spiro atoms. The lowest BCUT2D eigenvalue weighted by atomic mass is 9.95. The molecule has 1 fully saturated rings. The van der Waals surface area contributed by atoms with E-state index in [0.29, 0.717) is 34.3 Å². The number of morpholine rings is 1. The number of carbonyl (C=O) groups excluding carboxylic acids is 1. The van der Waals surface area contributed by atoms with Gasteiger partial charge >= 0.3 is 20.0 Å². The molecule has 4 N–H and O–H groups in total. The van der Waals surface area contributed by atoms with Gasteiger partial charge in [-0.2, -0.15) is 13.2 Å². The number of halogens is 4. The van der Waals surface area contributed by atoms with Crippen molar-refractivity contribution in [3.05, 3.63) is 75.8 Å². The Bertz CT molecular complexity index is 2060. The summed E-state index contributed by atoms with van der Waals surface area (Å²) in [5.41, 5.74) is 1.41. The number of nitrogens with one attached hydrogen (secondary N) is 1. The summed E-state index contributed by atoms with van der Waals surface area (Å²) in [5.74, 6) is -2.66. The molecule has 0 radical (unpaired) electrons. The van der Waals surface area contributed by atoms with Gasteiger partial charge in [0.2, 0.25) is 10.0 Å². The van der Waals surface area contributed by atoms with Gasteiger partial charge in [0, 0.05) is 56.1 Å². The summed E-state index contributed by atoms with van der Waals surface area (Å²) in [7, 11) is -9.00. The molecule has 3 aromatic carbocycles. The lowest BCUT2D eigenvalue weighted by molar-refractivity contribution is -0.383. The first-order valence-corrected chi connectivity index (χ1v) is 20.3. The van der Waals surface area contributed by atoms with Crippen molar-refractivity contribution in [2.24, 2.45) is 0 Å². The molecule has 55 heavy (non-hydrogen) atoms. The Morgan fingerprint density at radius 3 is 2.33 bits per heavy atom. The van der Waals surface area contributed by atoms with E-state index >= 15 is 0 Å². The molecule has 23 heteroatoms. The SMILES string of the molecule is O=C(/C=C/c1ccc(OCCN2CCOCC2)cc1)N1CC(CBr)c2c1cc([N+](=O)[O-])c1cc(S(=O)(=O)NCCOP(=O)(O)O)ccc21.O=C(O)C(F)(F)F. The zero-order chi connectivity index (χ0) is 40.6. The van der Waals surface area contributed by atoms with Crippen molar-refractivity contribution in [3.63, 3.8) is 0 Å². The lowest BCUT2D eigenvalue weighted by Gasteiger charge is -2.26. The van der Waals surface area contributed by atoms with Crippen molar-refractivity contribution in [1.29, 1.82) is 0 Å². The van der Waals surface area contributed by atoms with Gasteiger partial charge in [-0.3, -0.25) is 24.3 Å². The molecular weight excluding hydrogens is 848 g/mol. The molecule has 0 saturated carbocycles. The highest BCUT2D eigenvalue weighted by molar-refractivity contribution is 9.09. The summed E-state index contributed by atoms with van der Waals surface area (Å²) >= 11 is 3.49. The number of phosphoric ester groups is 1. The smallest absolute Gasteiger partial charge is 0.490 e. The van der Waals surface area contributed by atoms with Crippen LogP contribution in [0.2, 0.25) is 0 Å². The van der Waals surface area contributed by atoms with E-state index in [2.05, 4.69) is 30.1 Å². The van der Waals surface area contributed by atoms with Crippen LogP contribution >= 0.6 is 23.8 Å². The number of nitro benzene ring substituents is 1.